The lowest BCUT2D eigenvalue weighted by Crippen LogP contribution is -2.52. The van der Waals surface area contributed by atoms with E-state index in [0.29, 0.717) is 37.5 Å². The Morgan fingerprint density at radius 3 is 2.35 bits per heavy atom. The highest BCUT2D eigenvalue weighted by molar-refractivity contribution is 5.89. The van der Waals surface area contributed by atoms with Gasteiger partial charge in [0, 0.05) is 49.1 Å². The normalized spacial score (nSPS) is 14.9. The summed E-state index contributed by atoms with van der Waals surface area (Å²) < 4.78 is 15.9. The van der Waals surface area contributed by atoms with Gasteiger partial charge in [-0.2, -0.15) is 0 Å². The number of allylic oxidation sites excluding steroid dienone is 1. The fourth-order valence-electron chi connectivity index (χ4n) is 5.66. The number of ether oxygens (including phenoxy) is 3. The van der Waals surface area contributed by atoms with Crippen molar-refractivity contribution in [3.05, 3.63) is 79.9 Å². The zero-order valence-electron chi connectivity index (χ0n) is 32.3. The maximum atomic E-state index is 13.3. The van der Waals surface area contributed by atoms with Crippen LogP contribution in [0, 0.1) is 11.3 Å². The molecule has 284 valence electrons. The van der Waals surface area contributed by atoms with Gasteiger partial charge < -0.3 is 29.7 Å². The van der Waals surface area contributed by atoms with Crippen LogP contribution in [0.15, 0.2) is 79.9 Å². The number of benzene rings is 2. The molecule has 1 heterocycles. The van der Waals surface area contributed by atoms with Gasteiger partial charge in [0.15, 0.2) is 0 Å². The number of nitrogens with zero attached hydrogens (tertiary/aromatic N) is 2. The number of urea groups is 1. The zero-order chi connectivity index (χ0) is 38.5. The molecule has 52 heavy (non-hydrogen) atoms. The summed E-state index contributed by atoms with van der Waals surface area (Å²) in [7, 11) is 3.40. The summed E-state index contributed by atoms with van der Waals surface area (Å²) in [5, 5.41) is 6.87. The summed E-state index contributed by atoms with van der Waals surface area (Å²) in [4.78, 5) is 42.2. The van der Waals surface area contributed by atoms with E-state index in [-0.39, 0.29) is 35.9 Å². The molecule has 0 aliphatic heterocycles. The Bertz CT molecular complexity index is 1550. The highest BCUT2D eigenvalue weighted by Crippen LogP contribution is 2.33. The maximum Gasteiger partial charge on any atom is 0.317 e. The summed E-state index contributed by atoms with van der Waals surface area (Å²) in [6, 6.07) is 16.5. The number of amides is 3. The van der Waals surface area contributed by atoms with E-state index in [1.54, 1.807) is 26.0 Å². The third kappa shape index (κ3) is 14.8. The first-order valence-corrected chi connectivity index (χ1v) is 18.2. The van der Waals surface area contributed by atoms with Crippen molar-refractivity contribution in [3.8, 4) is 22.8 Å². The van der Waals surface area contributed by atoms with Crippen LogP contribution in [0.3, 0.4) is 0 Å². The Kier molecular flexibility index (Phi) is 19.0. The van der Waals surface area contributed by atoms with Crippen LogP contribution in [0.25, 0.3) is 22.2 Å². The van der Waals surface area contributed by atoms with Crippen molar-refractivity contribution in [3.63, 3.8) is 0 Å². The maximum absolute atomic E-state index is 13.3. The van der Waals surface area contributed by atoms with Crippen molar-refractivity contribution < 1.29 is 28.6 Å². The van der Waals surface area contributed by atoms with Crippen LogP contribution in [-0.4, -0.2) is 74.3 Å². The highest BCUT2D eigenvalue weighted by atomic mass is 16.5. The van der Waals surface area contributed by atoms with Crippen molar-refractivity contribution in [2.45, 2.75) is 85.2 Å². The summed E-state index contributed by atoms with van der Waals surface area (Å²) in [5.41, 5.74) is 2.46. The van der Waals surface area contributed by atoms with Gasteiger partial charge in [0.2, 0.25) is 5.91 Å². The van der Waals surface area contributed by atoms with Crippen molar-refractivity contribution >= 4 is 29.3 Å². The molecule has 1 fully saturated rings. The minimum atomic E-state index is -0.748. The molecule has 10 nitrogen and oxygen atoms in total. The molecule has 1 aliphatic rings. The Morgan fingerprint density at radius 1 is 1.08 bits per heavy atom. The molecule has 2 aromatic carbocycles. The first kappa shape index (κ1) is 43.3. The van der Waals surface area contributed by atoms with Crippen LogP contribution in [-0.2, 0) is 14.3 Å². The number of unbranched alkanes of at least 4 members (excludes halogenated alkanes) is 1. The first-order valence-electron chi connectivity index (χ1n) is 18.2. The number of carbonyl (C=O) groups is 3. The first-order chi connectivity index (χ1) is 25.0. The molecule has 1 aromatic heterocycles. The van der Waals surface area contributed by atoms with E-state index in [9.17, 15) is 14.4 Å². The van der Waals surface area contributed by atoms with Gasteiger partial charge in [0.1, 0.15) is 17.5 Å². The number of aromatic nitrogens is 1. The van der Waals surface area contributed by atoms with Gasteiger partial charge in [-0.1, -0.05) is 83.0 Å². The largest absolute Gasteiger partial charge is 0.497 e. The summed E-state index contributed by atoms with van der Waals surface area (Å²) >= 11 is 0. The predicted octanol–water partition coefficient (Wildman–Crippen LogP) is 8.36. The lowest BCUT2D eigenvalue weighted by molar-refractivity contribution is -0.128. The van der Waals surface area contributed by atoms with Crippen LogP contribution in [0.1, 0.15) is 73.1 Å². The molecule has 1 aliphatic carbocycles. The van der Waals surface area contributed by atoms with Crippen molar-refractivity contribution in [2.24, 2.45) is 11.3 Å². The Labute approximate surface area is 311 Å². The Balaban J connectivity index is 0.000000825. The molecule has 2 N–H and O–H groups in total. The van der Waals surface area contributed by atoms with Crippen LogP contribution in [0.2, 0.25) is 0 Å². The monoisotopic (exact) mass is 716 g/mol. The second-order valence-corrected chi connectivity index (χ2v) is 13.5. The van der Waals surface area contributed by atoms with E-state index in [4.69, 9.17) is 14.5 Å². The lowest BCUT2D eigenvalue weighted by Gasteiger charge is -2.31. The molecule has 0 spiro atoms. The number of nitrogens with one attached hydrogen (secondary N) is 2. The minimum Gasteiger partial charge on any atom is -0.497 e. The van der Waals surface area contributed by atoms with Gasteiger partial charge >= 0.3 is 6.03 Å². The van der Waals surface area contributed by atoms with E-state index in [0.717, 1.165) is 47.8 Å². The Hall–Kier alpha value is -4.86. The number of pyridine rings is 1. The second-order valence-electron chi connectivity index (χ2n) is 13.5. The topological polar surface area (TPSA) is 119 Å². The van der Waals surface area contributed by atoms with Crippen LogP contribution >= 0.6 is 0 Å². The van der Waals surface area contributed by atoms with Gasteiger partial charge in [0.25, 0.3) is 6.47 Å². The average molecular weight is 717 g/mol. The third-order valence-electron chi connectivity index (χ3n) is 8.46. The molecule has 3 aromatic rings. The van der Waals surface area contributed by atoms with Crippen LogP contribution in [0.4, 0.5) is 4.79 Å². The quantitative estimate of drug-likeness (QED) is 0.100. The number of fused-ring (bicyclic) bond motifs is 1. The molecule has 10 heteroatoms. The molecular formula is C42H60N4O6. The number of hydrogen-bond donors (Lipinski definition) is 2. The van der Waals surface area contributed by atoms with E-state index < -0.39 is 6.04 Å². The predicted molar refractivity (Wildman–Crippen MR) is 211 cm³/mol. The molecular weight excluding hydrogens is 656 g/mol. The Morgan fingerprint density at radius 2 is 1.81 bits per heavy atom. The van der Waals surface area contributed by atoms with Gasteiger partial charge in [0.05, 0.1) is 31.5 Å². The van der Waals surface area contributed by atoms with Crippen LogP contribution in [0.5, 0.6) is 11.5 Å². The summed E-state index contributed by atoms with van der Waals surface area (Å²) in [6.07, 6.45) is 9.38. The fourth-order valence-corrected chi connectivity index (χ4v) is 5.66. The SMILES string of the molecule is C=CCCC.C=C[C@@H]1CC1NC(=O)C(CCOc1cc(-c2ccccc2)nc2cc(OC)ccc12)NC(=O)N(C)CC(C)(C)CCC.CCOC=O. The number of methoxy groups -OCH3 is 1. The second kappa shape index (κ2) is 22.9. The van der Waals surface area contributed by atoms with E-state index in [1.165, 1.54) is 6.42 Å². The third-order valence-corrected chi connectivity index (χ3v) is 8.46. The molecule has 3 amide bonds. The van der Waals surface area contributed by atoms with Crippen molar-refractivity contribution in [1.29, 1.82) is 0 Å². The van der Waals surface area contributed by atoms with Gasteiger partial charge in [-0.3, -0.25) is 9.59 Å². The standard InChI is InChI=1S/C34H44N4O4.C5H10.C3H6O2/c1-7-17-34(3,4)22-38(5)33(40)37-27(32(39)36-28-19-23(28)8-2)16-18-42-31-21-29(24-12-10-9-11-13-24)35-30-20-25(41-6)14-15-26(30)31;1-3-5-4-2;1-2-5-3-4/h8-15,20-21,23,27-28H,2,7,16-19,22H2,1,3-6H3,(H,36,39)(H,37,40);3H,1,4-5H2,2H3;3H,2H2,1H3/t23-,27?,28?;;/m1../s1. The molecule has 4 rings (SSSR count). The summed E-state index contributed by atoms with van der Waals surface area (Å²) in [5.74, 6) is 1.42. The molecule has 0 saturated heterocycles. The van der Waals surface area contributed by atoms with E-state index in [2.05, 4.69) is 56.2 Å². The van der Waals surface area contributed by atoms with E-state index in [1.807, 2.05) is 66.7 Å². The van der Waals surface area contributed by atoms with Crippen molar-refractivity contribution in [2.75, 3.05) is 33.9 Å². The highest BCUT2D eigenvalue weighted by Gasteiger charge is 2.37. The molecule has 1 saturated carbocycles. The molecule has 2 unspecified atom stereocenters. The number of carbonyl (C=O) groups excluding carboxylic acids is 3. The van der Waals surface area contributed by atoms with Crippen LogP contribution < -0.4 is 20.1 Å². The lowest BCUT2D eigenvalue weighted by atomic mass is 9.88. The molecule has 0 radical (unpaired) electrons. The van der Waals surface area contributed by atoms with Gasteiger partial charge in [-0.05, 0) is 49.7 Å². The molecule has 3 atom stereocenters. The van der Waals surface area contributed by atoms with Crippen molar-refractivity contribution in [1.82, 2.24) is 20.5 Å². The number of rotatable bonds is 18. The number of hydrogen-bond acceptors (Lipinski definition) is 7. The smallest absolute Gasteiger partial charge is 0.317 e. The fraction of sp³-hybridized carbons (Fsp3) is 0.476. The average Bonchev–Trinajstić information content (AvgIpc) is 3.89. The molecule has 0 bridgehead atoms. The van der Waals surface area contributed by atoms with Gasteiger partial charge in [-0.15, -0.1) is 13.2 Å². The van der Waals surface area contributed by atoms with Gasteiger partial charge in [-0.25, -0.2) is 9.78 Å². The van der Waals surface area contributed by atoms with E-state index >= 15 is 0 Å². The summed E-state index contributed by atoms with van der Waals surface area (Å²) in [6.45, 7) is 19.4. The minimum absolute atomic E-state index is 0.0194. The zero-order valence-corrected chi connectivity index (χ0v) is 32.3.